The number of hydrogen-bond donors (Lipinski definition) is 2. The molecule has 1 aliphatic rings. The molecular weight excluding hydrogens is 152 g/mol. The van der Waals surface area contributed by atoms with E-state index in [9.17, 15) is 4.79 Å². The molecule has 12 heavy (non-hydrogen) atoms. The third-order valence-electron chi connectivity index (χ3n) is 2.72. The Kier molecular flexibility index (Phi) is 3.09. The number of nitrogens with one attached hydrogen (secondary N) is 1. The normalized spacial score (nSPS) is 30.6. The van der Waals surface area contributed by atoms with Crippen molar-refractivity contribution in [2.24, 2.45) is 11.7 Å². The van der Waals surface area contributed by atoms with Crippen molar-refractivity contribution in [1.29, 1.82) is 0 Å². The number of carbonyl (C=O) groups is 1. The van der Waals surface area contributed by atoms with Crippen LogP contribution in [0.2, 0.25) is 0 Å². The first-order valence-electron chi connectivity index (χ1n) is 4.71. The van der Waals surface area contributed by atoms with Crippen molar-refractivity contribution in [3.05, 3.63) is 0 Å². The minimum Gasteiger partial charge on any atom is -0.352 e. The molecule has 1 aliphatic carbocycles. The van der Waals surface area contributed by atoms with E-state index in [0.29, 0.717) is 18.4 Å². The van der Waals surface area contributed by atoms with E-state index in [0.717, 1.165) is 6.42 Å². The van der Waals surface area contributed by atoms with E-state index in [1.807, 2.05) is 6.92 Å². The lowest BCUT2D eigenvalue weighted by Crippen LogP contribution is -2.51. The zero-order valence-electron chi connectivity index (χ0n) is 7.84. The Balaban J connectivity index is 2.26. The largest absolute Gasteiger partial charge is 0.352 e. The molecule has 1 saturated carbocycles. The van der Waals surface area contributed by atoms with Gasteiger partial charge in [0.05, 0.1) is 6.04 Å². The molecule has 0 aromatic carbocycles. The van der Waals surface area contributed by atoms with E-state index in [-0.39, 0.29) is 11.9 Å². The van der Waals surface area contributed by atoms with Crippen LogP contribution in [0.3, 0.4) is 0 Å². The Hall–Kier alpha value is -0.570. The molecule has 3 atom stereocenters. The van der Waals surface area contributed by atoms with Crippen molar-refractivity contribution in [2.75, 3.05) is 0 Å². The molecule has 1 amide bonds. The fourth-order valence-electron chi connectivity index (χ4n) is 1.36. The number of nitrogens with two attached hydrogens (primary N) is 1. The van der Waals surface area contributed by atoms with Crippen LogP contribution in [0.1, 0.15) is 33.1 Å². The number of hydrogen-bond acceptors (Lipinski definition) is 2. The summed E-state index contributed by atoms with van der Waals surface area (Å²) in [4.78, 5) is 11.3. The highest BCUT2D eigenvalue weighted by Crippen LogP contribution is 2.26. The zero-order chi connectivity index (χ0) is 9.14. The Morgan fingerprint density at radius 3 is 2.67 bits per heavy atom. The lowest BCUT2D eigenvalue weighted by Gasteiger charge is -2.35. The van der Waals surface area contributed by atoms with Gasteiger partial charge in [0, 0.05) is 6.04 Å². The predicted octanol–water partition coefficient (Wildman–Crippen LogP) is 0.638. The van der Waals surface area contributed by atoms with Gasteiger partial charge in [0.15, 0.2) is 0 Å². The van der Waals surface area contributed by atoms with Gasteiger partial charge in [-0.05, 0) is 25.2 Å². The van der Waals surface area contributed by atoms with Gasteiger partial charge in [0.1, 0.15) is 0 Å². The predicted molar refractivity (Wildman–Crippen MR) is 48.6 cm³/mol. The van der Waals surface area contributed by atoms with Gasteiger partial charge in [-0.1, -0.05) is 13.8 Å². The summed E-state index contributed by atoms with van der Waals surface area (Å²) in [5, 5.41) is 2.95. The topological polar surface area (TPSA) is 55.1 Å². The summed E-state index contributed by atoms with van der Waals surface area (Å²) in [5.41, 5.74) is 5.58. The molecule has 1 fully saturated rings. The number of rotatable bonds is 3. The van der Waals surface area contributed by atoms with Gasteiger partial charge in [-0.25, -0.2) is 0 Å². The third kappa shape index (κ3) is 1.97. The summed E-state index contributed by atoms with van der Waals surface area (Å²) in [6.45, 7) is 4.08. The van der Waals surface area contributed by atoms with E-state index < -0.39 is 0 Å². The Labute approximate surface area is 73.7 Å². The van der Waals surface area contributed by atoms with Crippen molar-refractivity contribution in [3.63, 3.8) is 0 Å². The molecule has 0 radical (unpaired) electrons. The van der Waals surface area contributed by atoms with Gasteiger partial charge in [0.2, 0.25) is 5.91 Å². The minimum absolute atomic E-state index is 0.00838. The van der Waals surface area contributed by atoms with Crippen LogP contribution in [0.5, 0.6) is 0 Å². The van der Waals surface area contributed by atoms with E-state index in [2.05, 4.69) is 12.2 Å². The van der Waals surface area contributed by atoms with Gasteiger partial charge in [-0.2, -0.15) is 0 Å². The van der Waals surface area contributed by atoms with E-state index in [1.54, 1.807) is 0 Å². The molecule has 3 nitrogen and oxygen atoms in total. The molecule has 3 N–H and O–H groups in total. The second kappa shape index (κ2) is 3.90. The van der Waals surface area contributed by atoms with Crippen molar-refractivity contribution in [2.45, 2.75) is 45.2 Å². The zero-order valence-corrected chi connectivity index (χ0v) is 7.84. The molecule has 0 aromatic heterocycles. The maximum absolute atomic E-state index is 11.3. The highest BCUT2D eigenvalue weighted by Gasteiger charge is 2.28. The molecule has 3 heteroatoms. The second-order valence-electron chi connectivity index (χ2n) is 3.68. The van der Waals surface area contributed by atoms with Crippen molar-refractivity contribution < 1.29 is 4.79 Å². The van der Waals surface area contributed by atoms with Gasteiger partial charge in [0.25, 0.3) is 0 Å². The molecule has 0 bridgehead atoms. The maximum Gasteiger partial charge on any atom is 0.237 e. The smallest absolute Gasteiger partial charge is 0.237 e. The van der Waals surface area contributed by atoms with Gasteiger partial charge >= 0.3 is 0 Å². The Morgan fingerprint density at radius 2 is 2.33 bits per heavy atom. The van der Waals surface area contributed by atoms with Crippen LogP contribution in [0.25, 0.3) is 0 Å². The lowest BCUT2D eigenvalue weighted by molar-refractivity contribution is -0.124. The molecule has 1 rings (SSSR count). The molecular formula is C9H18N2O. The fourth-order valence-corrected chi connectivity index (χ4v) is 1.36. The van der Waals surface area contributed by atoms with Gasteiger partial charge < -0.3 is 11.1 Å². The molecule has 0 saturated heterocycles. The molecule has 0 spiro atoms. The van der Waals surface area contributed by atoms with Crippen LogP contribution in [-0.2, 0) is 4.79 Å². The van der Waals surface area contributed by atoms with Gasteiger partial charge in [-0.15, -0.1) is 0 Å². The first kappa shape index (κ1) is 9.52. The van der Waals surface area contributed by atoms with Gasteiger partial charge in [-0.3, -0.25) is 4.79 Å². The van der Waals surface area contributed by atoms with Crippen molar-refractivity contribution in [1.82, 2.24) is 5.32 Å². The maximum atomic E-state index is 11.3. The number of carbonyl (C=O) groups excluding carboxylic acids is 1. The molecule has 0 aromatic rings. The monoisotopic (exact) mass is 170 g/mol. The summed E-state index contributed by atoms with van der Waals surface area (Å²) >= 11 is 0. The molecule has 0 aliphatic heterocycles. The molecule has 0 heterocycles. The van der Waals surface area contributed by atoms with Crippen molar-refractivity contribution in [3.8, 4) is 0 Å². The molecule has 2 unspecified atom stereocenters. The third-order valence-corrected chi connectivity index (χ3v) is 2.72. The summed E-state index contributed by atoms with van der Waals surface area (Å²) < 4.78 is 0. The van der Waals surface area contributed by atoms with Crippen LogP contribution in [0.15, 0.2) is 0 Å². The summed E-state index contributed by atoms with van der Waals surface area (Å²) in [7, 11) is 0. The van der Waals surface area contributed by atoms with Crippen molar-refractivity contribution >= 4 is 5.91 Å². The summed E-state index contributed by atoms with van der Waals surface area (Å²) in [6, 6.07) is 0.0629. The lowest BCUT2D eigenvalue weighted by atomic mass is 9.81. The minimum atomic E-state index is -0.321. The van der Waals surface area contributed by atoms with E-state index in [4.69, 9.17) is 5.73 Å². The average Bonchev–Trinajstić information content (AvgIpc) is 2.09. The van der Waals surface area contributed by atoms with E-state index in [1.165, 1.54) is 6.42 Å². The van der Waals surface area contributed by atoms with Crippen LogP contribution >= 0.6 is 0 Å². The first-order chi connectivity index (χ1) is 5.65. The first-order valence-corrected chi connectivity index (χ1v) is 4.71. The van der Waals surface area contributed by atoms with Crippen LogP contribution in [0.4, 0.5) is 0 Å². The van der Waals surface area contributed by atoms with E-state index >= 15 is 0 Å². The fraction of sp³-hybridized carbons (Fsp3) is 0.889. The Bertz CT molecular complexity index is 170. The highest BCUT2D eigenvalue weighted by molar-refractivity contribution is 5.81. The average molecular weight is 170 g/mol. The highest BCUT2D eigenvalue weighted by atomic mass is 16.2. The molecule has 70 valence electrons. The summed E-state index contributed by atoms with van der Waals surface area (Å²) in [5.74, 6) is 0.645. The quantitative estimate of drug-likeness (QED) is 0.653. The number of amides is 1. The summed E-state index contributed by atoms with van der Waals surface area (Å²) in [6.07, 6.45) is 3.06. The van der Waals surface area contributed by atoms with Crippen LogP contribution in [0, 0.1) is 5.92 Å². The Morgan fingerprint density at radius 1 is 1.67 bits per heavy atom. The van der Waals surface area contributed by atoms with Crippen LogP contribution in [-0.4, -0.2) is 18.0 Å². The SMILES string of the molecule is CC[C@@H](N)C(=O)NC1CCC1C. The van der Waals surface area contributed by atoms with Crippen LogP contribution < -0.4 is 11.1 Å². The standard InChI is InChI=1S/C9H18N2O/c1-3-7(10)9(12)11-8-5-4-6(8)2/h6-8H,3-5,10H2,1-2H3,(H,11,12)/t6?,7-,8?/m1/s1. The second-order valence-corrected chi connectivity index (χ2v) is 3.68.